The summed E-state index contributed by atoms with van der Waals surface area (Å²) in [4.78, 5) is 29.1. The standard InChI is InChI=1S/C19H21FN6O2/c1-10(2)18-24-25(9-16(27)22-13-6-7-21-11(3)17(13)20)19(28)15-8-14(12-4-5-12)23-26(15)18/h6-8,10,12H,4-5,9H2,1-3H3,(H,21,22,27). The van der Waals surface area contributed by atoms with Crippen LogP contribution in [0.25, 0.3) is 5.52 Å². The minimum Gasteiger partial charge on any atom is -0.322 e. The topological polar surface area (TPSA) is 94.2 Å². The molecule has 1 saturated carbocycles. The minimum absolute atomic E-state index is 0.00431. The van der Waals surface area contributed by atoms with Crippen LogP contribution in [0.5, 0.6) is 0 Å². The average molecular weight is 384 g/mol. The van der Waals surface area contributed by atoms with Crippen LogP contribution in [-0.2, 0) is 11.3 Å². The number of carbonyl (C=O) groups is 1. The van der Waals surface area contributed by atoms with Crippen molar-refractivity contribution in [3.63, 3.8) is 0 Å². The Morgan fingerprint density at radius 3 is 2.79 bits per heavy atom. The zero-order chi connectivity index (χ0) is 20.0. The molecule has 1 fully saturated rings. The molecular weight excluding hydrogens is 363 g/mol. The molecule has 0 atom stereocenters. The van der Waals surface area contributed by atoms with E-state index in [0.717, 1.165) is 23.2 Å². The smallest absolute Gasteiger partial charge is 0.293 e. The molecule has 1 aliphatic carbocycles. The summed E-state index contributed by atoms with van der Waals surface area (Å²) < 4.78 is 16.8. The number of aromatic nitrogens is 5. The third kappa shape index (κ3) is 3.28. The van der Waals surface area contributed by atoms with E-state index < -0.39 is 17.3 Å². The molecule has 28 heavy (non-hydrogen) atoms. The van der Waals surface area contributed by atoms with E-state index in [0.29, 0.717) is 17.3 Å². The molecule has 1 aliphatic rings. The molecule has 0 saturated heterocycles. The Balaban J connectivity index is 1.68. The first kappa shape index (κ1) is 18.3. The van der Waals surface area contributed by atoms with Crippen LogP contribution >= 0.6 is 0 Å². The van der Waals surface area contributed by atoms with Gasteiger partial charge < -0.3 is 5.32 Å². The summed E-state index contributed by atoms with van der Waals surface area (Å²) in [5, 5.41) is 11.4. The molecule has 3 aromatic rings. The fraction of sp³-hybridized carbons (Fsp3) is 0.421. The fourth-order valence-corrected chi connectivity index (χ4v) is 3.09. The maximum absolute atomic E-state index is 14.1. The number of hydrogen-bond acceptors (Lipinski definition) is 5. The number of hydrogen-bond donors (Lipinski definition) is 1. The van der Waals surface area contributed by atoms with Gasteiger partial charge >= 0.3 is 0 Å². The maximum Gasteiger partial charge on any atom is 0.293 e. The van der Waals surface area contributed by atoms with Gasteiger partial charge in [-0.25, -0.2) is 13.6 Å². The maximum atomic E-state index is 14.1. The molecule has 0 spiro atoms. The van der Waals surface area contributed by atoms with Gasteiger partial charge in [0.25, 0.3) is 5.56 Å². The lowest BCUT2D eigenvalue weighted by atomic mass is 10.2. The Morgan fingerprint density at radius 2 is 2.11 bits per heavy atom. The summed E-state index contributed by atoms with van der Waals surface area (Å²) in [7, 11) is 0. The molecule has 0 aliphatic heterocycles. The van der Waals surface area contributed by atoms with E-state index in [4.69, 9.17) is 0 Å². The van der Waals surface area contributed by atoms with Crippen LogP contribution in [0.3, 0.4) is 0 Å². The van der Waals surface area contributed by atoms with Gasteiger partial charge in [0.15, 0.2) is 11.6 Å². The lowest BCUT2D eigenvalue weighted by molar-refractivity contribution is -0.117. The van der Waals surface area contributed by atoms with Gasteiger partial charge in [0.2, 0.25) is 5.91 Å². The highest BCUT2D eigenvalue weighted by Gasteiger charge is 2.28. The summed E-state index contributed by atoms with van der Waals surface area (Å²) in [6.45, 7) is 5.09. The van der Waals surface area contributed by atoms with Crippen LogP contribution in [-0.4, -0.2) is 30.3 Å². The van der Waals surface area contributed by atoms with E-state index in [1.54, 1.807) is 10.6 Å². The Morgan fingerprint density at radius 1 is 1.36 bits per heavy atom. The average Bonchev–Trinajstić information content (AvgIpc) is 3.40. The van der Waals surface area contributed by atoms with Crippen molar-refractivity contribution < 1.29 is 9.18 Å². The molecular formula is C19H21FN6O2. The van der Waals surface area contributed by atoms with Crippen molar-refractivity contribution in [1.82, 2.24) is 24.4 Å². The first-order valence-electron chi connectivity index (χ1n) is 9.26. The summed E-state index contributed by atoms with van der Waals surface area (Å²) in [6.07, 6.45) is 3.55. The van der Waals surface area contributed by atoms with Crippen molar-refractivity contribution in [2.45, 2.75) is 52.0 Å². The molecule has 4 rings (SSSR count). The number of anilines is 1. The second kappa shape index (κ2) is 6.81. The molecule has 0 bridgehead atoms. The summed E-state index contributed by atoms with van der Waals surface area (Å²) in [6, 6.07) is 3.16. The van der Waals surface area contributed by atoms with Gasteiger partial charge in [-0.3, -0.25) is 14.6 Å². The molecule has 0 radical (unpaired) electrons. The van der Waals surface area contributed by atoms with Crippen LogP contribution in [0.2, 0.25) is 0 Å². The van der Waals surface area contributed by atoms with E-state index >= 15 is 0 Å². The first-order valence-corrected chi connectivity index (χ1v) is 9.26. The normalized spacial score (nSPS) is 14.0. The predicted molar refractivity (Wildman–Crippen MR) is 101 cm³/mol. The second-order valence-corrected chi connectivity index (χ2v) is 7.42. The highest BCUT2D eigenvalue weighted by atomic mass is 19.1. The van der Waals surface area contributed by atoms with E-state index in [1.807, 2.05) is 13.8 Å². The van der Waals surface area contributed by atoms with Crippen molar-refractivity contribution in [3.8, 4) is 0 Å². The molecule has 9 heteroatoms. The number of amides is 1. The van der Waals surface area contributed by atoms with Gasteiger partial charge in [-0.2, -0.15) is 10.2 Å². The molecule has 1 N–H and O–H groups in total. The molecule has 3 aromatic heterocycles. The monoisotopic (exact) mass is 384 g/mol. The first-order chi connectivity index (χ1) is 13.3. The van der Waals surface area contributed by atoms with Crippen LogP contribution in [0, 0.1) is 12.7 Å². The Hall–Kier alpha value is -3.10. The lowest BCUT2D eigenvalue weighted by Gasteiger charge is -2.12. The number of rotatable bonds is 5. The fourth-order valence-electron chi connectivity index (χ4n) is 3.09. The number of fused-ring (bicyclic) bond motifs is 1. The molecule has 3 heterocycles. The molecule has 0 unspecified atom stereocenters. The highest BCUT2D eigenvalue weighted by molar-refractivity contribution is 5.90. The Labute approximate surface area is 160 Å². The van der Waals surface area contributed by atoms with Gasteiger partial charge in [-0.15, -0.1) is 0 Å². The number of aryl methyl sites for hydroxylation is 1. The summed E-state index contributed by atoms with van der Waals surface area (Å²) in [5.74, 6) is -0.140. The molecule has 1 amide bonds. The van der Waals surface area contributed by atoms with E-state index in [-0.39, 0.29) is 23.8 Å². The van der Waals surface area contributed by atoms with Crippen molar-refractivity contribution in [1.29, 1.82) is 0 Å². The van der Waals surface area contributed by atoms with E-state index in [1.165, 1.54) is 19.2 Å². The number of pyridine rings is 1. The van der Waals surface area contributed by atoms with Gasteiger partial charge in [-0.05, 0) is 31.9 Å². The number of halogens is 1. The number of nitrogens with one attached hydrogen (secondary N) is 1. The van der Waals surface area contributed by atoms with Crippen LogP contribution in [0.15, 0.2) is 23.1 Å². The van der Waals surface area contributed by atoms with E-state index in [2.05, 4.69) is 20.5 Å². The van der Waals surface area contributed by atoms with Crippen LogP contribution < -0.4 is 10.9 Å². The predicted octanol–water partition coefficient (Wildman–Crippen LogP) is 2.37. The zero-order valence-electron chi connectivity index (χ0n) is 15.9. The third-order valence-electron chi connectivity index (χ3n) is 4.76. The van der Waals surface area contributed by atoms with Crippen molar-refractivity contribution in [3.05, 3.63) is 51.7 Å². The van der Waals surface area contributed by atoms with Crippen LogP contribution in [0.1, 0.15) is 55.7 Å². The molecule has 0 aromatic carbocycles. The van der Waals surface area contributed by atoms with Gasteiger partial charge in [0.1, 0.15) is 12.1 Å². The Bertz CT molecular complexity index is 1130. The van der Waals surface area contributed by atoms with Gasteiger partial charge in [-0.1, -0.05) is 13.8 Å². The van der Waals surface area contributed by atoms with Crippen LogP contribution in [0.4, 0.5) is 10.1 Å². The summed E-state index contributed by atoms with van der Waals surface area (Å²) in [5.41, 5.74) is 1.10. The van der Waals surface area contributed by atoms with Crippen molar-refractivity contribution >= 4 is 17.1 Å². The second-order valence-electron chi connectivity index (χ2n) is 7.42. The third-order valence-corrected chi connectivity index (χ3v) is 4.76. The van der Waals surface area contributed by atoms with Crippen molar-refractivity contribution in [2.75, 3.05) is 5.32 Å². The van der Waals surface area contributed by atoms with E-state index in [9.17, 15) is 14.0 Å². The molecule has 8 nitrogen and oxygen atoms in total. The SMILES string of the molecule is Cc1nccc(NC(=O)Cn2nc(C(C)C)n3nc(C4CC4)cc3c2=O)c1F. The quantitative estimate of drug-likeness (QED) is 0.729. The Kier molecular flexibility index (Phi) is 4.44. The number of carbonyl (C=O) groups excluding carboxylic acids is 1. The van der Waals surface area contributed by atoms with Gasteiger partial charge in [0.05, 0.1) is 17.1 Å². The minimum atomic E-state index is -0.598. The van der Waals surface area contributed by atoms with Crippen molar-refractivity contribution in [2.24, 2.45) is 0 Å². The molecule has 146 valence electrons. The lowest BCUT2D eigenvalue weighted by Crippen LogP contribution is -2.32. The zero-order valence-corrected chi connectivity index (χ0v) is 15.9. The highest BCUT2D eigenvalue weighted by Crippen LogP contribution is 2.39. The number of nitrogens with zero attached hydrogens (tertiary/aromatic N) is 5. The van der Waals surface area contributed by atoms with Gasteiger partial charge in [0, 0.05) is 18.0 Å². The summed E-state index contributed by atoms with van der Waals surface area (Å²) >= 11 is 0. The largest absolute Gasteiger partial charge is 0.322 e.